The molecule has 0 bridgehead atoms. The fourth-order valence-corrected chi connectivity index (χ4v) is 1.53. The van der Waals surface area contributed by atoms with Gasteiger partial charge in [0.05, 0.1) is 16.1 Å². The van der Waals surface area contributed by atoms with E-state index in [1.165, 1.54) is 18.3 Å². The summed E-state index contributed by atoms with van der Waals surface area (Å²) >= 11 is 5.63. The lowest BCUT2D eigenvalue weighted by Gasteiger charge is -2.06. The van der Waals surface area contributed by atoms with Gasteiger partial charge >= 0.3 is 5.69 Å². The Labute approximate surface area is 112 Å². The number of pyridine rings is 1. The van der Waals surface area contributed by atoms with Crippen molar-refractivity contribution < 1.29 is 14.1 Å². The van der Waals surface area contributed by atoms with Crippen molar-refractivity contribution in [3.63, 3.8) is 0 Å². The molecule has 0 aliphatic carbocycles. The fourth-order valence-electron chi connectivity index (χ4n) is 1.37. The van der Waals surface area contributed by atoms with E-state index in [0.717, 1.165) is 12.1 Å². The summed E-state index contributed by atoms with van der Waals surface area (Å²) in [4.78, 5) is 13.9. The molecule has 0 saturated heterocycles. The van der Waals surface area contributed by atoms with Crippen LogP contribution in [0.3, 0.4) is 0 Å². The van der Waals surface area contributed by atoms with Gasteiger partial charge in [0.15, 0.2) is 0 Å². The van der Waals surface area contributed by atoms with E-state index < -0.39 is 10.7 Å². The van der Waals surface area contributed by atoms with Crippen LogP contribution in [0.4, 0.5) is 10.1 Å². The first kappa shape index (κ1) is 13.2. The Morgan fingerprint density at radius 1 is 1.42 bits per heavy atom. The zero-order valence-electron chi connectivity index (χ0n) is 9.76. The average Bonchev–Trinajstić information content (AvgIpc) is 2.36. The van der Waals surface area contributed by atoms with Gasteiger partial charge < -0.3 is 4.74 Å². The quantitative estimate of drug-likeness (QED) is 0.633. The number of ether oxygens (including phenoxy) is 1. The van der Waals surface area contributed by atoms with Gasteiger partial charge in [-0.1, -0.05) is 17.7 Å². The molecule has 0 spiro atoms. The van der Waals surface area contributed by atoms with Gasteiger partial charge in [-0.05, 0) is 18.6 Å². The summed E-state index contributed by atoms with van der Waals surface area (Å²) in [6.07, 6.45) is 1.22. The lowest BCUT2D eigenvalue weighted by molar-refractivity contribution is -0.386. The highest BCUT2D eigenvalue weighted by Crippen LogP contribution is 2.31. The Morgan fingerprint density at radius 3 is 2.79 bits per heavy atom. The van der Waals surface area contributed by atoms with Crippen LogP contribution >= 0.6 is 11.6 Å². The minimum atomic E-state index is -0.668. The number of hydrogen-bond acceptors (Lipinski definition) is 4. The van der Waals surface area contributed by atoms with Crippen molar-refractivity contribution in [1.29, 1.82) is 0 Å². The molecule has 5 nitrogen and oxygen atoms in total. The number of aromatic nitrogens is 1. The second-order valence-electron chi connectivity index (χ2n) is 3.75. The topological polar surface area (TPSA) is 65.3 Å². The number of nitro groups is 1. The van der Waals surface area contributed by atoms with Crippen LogP contribution in [-0.4, -0.2) is 9.91 Å². The van der Waals surface area contributed by atoms with Crippen LogP contribution in [0.1, 0.15) is 5.56 Å². The Bertz CT molecular complexity index is 649. The van der Waals surface area contributed by atoms with Gasteiger partial charge in [0.25, 0.3) is 5.88 Å². The summed E-state index contributed by atoms with van der Waals surface area (Å²) in [6.45, 7) is 1.60. The maximum Gasteiger partial charge on any atom is 0.332 e. The lowest BCUT2D eigenvalue weighted by Crippen LogP contribution is -1.96. The van der Waals surface area contributed by atoms with E-state index in [1.807, 2.05) is 0 Å². The molecular weight excluding hydrogens is 275 g/mol. The van der Waals surface area contributed by atoms with Gasteiger partial charge in [-0.3, -0.25) is 10.1 Å². The number of hydrogen-bond donors (Lipinski definition) is 0. The van der Waals surface area contributed by atoms with Crippen molar-refractivity contribution in [2.24, 2.45) is 0 Å². The Balaban J connectivity index is 2.37. The Hall–Kier alpha value is -2.21. The monoisotopic (exact) mass is 282 g/mol. The Morgan fingerprint density at radius 2 is 2.16 bits per heavy atom. The second-order valence-corrected chi connectivity index (χ2v) is 4.18. The summed E-state index contributed by atoms with van der Waals surface area (Å²) in [5.41, 5.74) is 0.0689. The van der Waals surface area contributed by atoms with E-state index in [-0.39, 0.29) is 22.3 Å². The average molecular weight is 283 g/mol. The number of benzene rings is 1. The van der Waals surface area contributed by atoms with Gasteiger partial charge in [-0.2, -0.15) is 0 Å². The maximum absolute atomic E-state index is 13.3. The van der Waals surface area contributed by atoms with Crippen LogP contribution in [0.15, 0.2) is 30.5 Å². The summed E-state index contributed by atoms with van der Waals surface area (Å²) in [6, 6.07) is 5.26. The largest absolute Gasteiger partial charge is 0.434 e. The van der Waals surface area contributed by atoms with Crippen LogP contribution < -0.4 is 4.74 Å². The number of rotatable bonds is 3. The molecule has 1 aromatic carbocycles. The first-order valence-corrected chi connectivity index (χ1v) is 5.59. The SMILES string of the molecule is Cc1ccc(Oc2ncc(Cl)cc2[N+](=O)[O-])cc1F. The van der Waals surface area contributed by atoms with Crippen molar-refractivity contribution in [3.8, 4) is 11.6 Å². The molecule has 0 fully saturated rings. The molecule has 0 atom stereocenters. The van der Waals surface area contributed by atoms with Crippen LogP contribution in [0.5, 0.6) is 11.6 Å². The molecule has 0 radical (unpaired) electrons. The highest BCUT2D eigenvalue weighted by Gasteiger charge is 2.18. The van der Waals surface area contributed by atoms with Crippen LogP contribution in [0.2, 0.25) is 5.02 Å². The summed E-state index contributed by atoms with van der Waals surface area (Å²) < 4.78 is 18.6. The molecule has 19 heavy (non-hydrogen) atoms. The highest BCUT2D eigenvalue weighted by atomic mass is 35.5. The van der Waals surface area contributed by atoms with Gasteiger partial charge in [0.1, 0.15) is 11.6 Å². The van der Waals surface area contributed by atoms with E-state index in [1.54, 1.807) is 6.92 Å². The van der Waals surface area contributed by atoms with Gasteiger partial charge in [0.2, 0.25) is 0 Å². The molecule has 1 aromatic heterocycles. The van der Waals surface area contributed by atoms with Gasteiger partial charge in [0, 0.05) is 12.1 Å². The highest BCUT2D eigenvalue weighted by molar-refractivity contribution is 6.30. The van der Waals surface area contributed by atoms with E-state index >= 15 is 0 Å². The molecule has 7 heteroatoms. The molecular formula is C12H8ClFN2O3. The first-order chi connectivity index (χ1) is 8.97. The van der Waals surface area contributed by atoms with Gasteiger partial charge in [-0.25, -0.2) is 9.37 Å². The molecule has 0 aliphatic rings. The molecule has 0 N–H and O–H groups in total. The van der Waals surface area contributed by atoms with Gasteiger partial charge in [-0.15, -0.1) is 0 Å². The van der Waals surface area contributed by atoms with E-state index in [9.17, 15) is 14.5 Å². The number of halogens is 2. The third-order valence-corrected chi connectivity index (χ3v) is 2.56. The molecule has 0 saturated carbocycles. The molecule has 0 aliphatic heterocycles. The lowest BCUT2D eigenvalue weighted by atomic mass is 10.2. The summed E-state index contributed by atoms with van der Waals surface area (Å²) in [5.74, 6) is -0.576. The van der Waals surface area contributed by atoms with Crippen molar-refractivity contribution in [3.05, 3.63) is 57.0 Å². The third kappa shape index (κ3) is 2.97. The molecule has 0 amide bonds. The normalized spacial score (nSPS) is 10.3. The van der Waals surface area contributed by atoms with Crippen LogP contribution in [0, 0.1) is 22.9 Å². The Kier molecular flexibility index (Phi) is 3.62. The van der Waals surface area contributed by atoms with Crippen molar-refractivity contribution in [1.82, 2.24) is 4.98 Å². The van der Waals surface area contributed by atoms with Crippen molar-refractivity contribution in [2.45, 2.75) is 6.92 Å². The minimum Gasteiger partial charge on any atom is -0.434 e. The van der Waals surface area contributed by atoms with Crippen LogP contribution in [0.25, 0.3) is 0 Å². The second kappa shape index (κ2) is 5.19. The molecule has 98 valence electrons. The predicted molar refractivity (Wildman–Crippen MR) is 67.1 cm³/mol. The van der Waals surface area contributed by atoms with Crippen LogP contribution in [-0.2, 0) is 0 Å². The fraction of sp³-hybridized carbons (Fsp3) is 0.0833. The van der Waals surface area contributed by atoms with Crippen molar-refractivity contribution >= 4 is 17.3 Å². The standard InChI is InChI=1S/C12H8ClFN2O3/c1-7-2-3-9(5-10(7)14)19-12-11(16(17)18)4-8(13)6-15-12/h2-6H,1H3. The molecule has 2 aromatic rings. The maximum atomic E-state index is 13.3. The zero-order valence-corrected chi connectivity index (χ0v) is 10.5. The summed E-state index contributed by atoms with van der Waals surface area (Å²) in [5, 5.41) is 11.0. The number of nitrogens with zero attached hydrogens (tertiary/aromatic N) is 2. The molecule has 1 heterocycles. The first-order valence-electron chi connectivity index (χ1n) is 5.21. The molecule has 0 unspecified atom stereocenters. The molecule has 2 rings (SSSR count). The van der Waals surface area contributed by atoms with E-state index in [4.69, 9.17) is 16.3 Å². The smallest absolute Gasteiger partial charge is 0.332 e. The van der Waals surface area contributed by atoms with Crippen molar-refractivity contribution in [2.75, 3.05) is 0 Å². The summed E-state index contributed by atoms with van der Waals surface area (Å²) in [7, 11) is 0. The third-order valence-electron chi connectivity index (χ3n) is 2.35. The minimum absolute atomic E-state index is 0.120. The van der Waals surface area contributed by atoms with E-state index in [0.29, 0.717) is 5.56 Å². The number of aryl methyl sites for hydroxylation is 1. The predicted octanol–water partition coefficient (Wildman–Crippen LogP) is 3.88. The van der Waals surface area contributed by atoms with E-state index in [2.05, 4.69) is 4.98 Å². The zero-order chi connectivity index (χ0) is 14.0.